The van der Waals surface area contributed by atoms with Crippen LogP contribution in [0.5, 0.6) is 0 Å². The maximum absolute atomic E-state index is 13.4. The Morgan fingerprint density at radius 2 is 2.07 bits per heavy atom. The van der Waals surface area contributed by atoms with Gasteiger partial charge in [-0.3, -0.25) is 0 Å². The normalized spacial score (nSPS) is 12.0. The first kappa shape index (κ1) is 14.8. The van der Waals surface area contributed by atoms with Crippen LogP contribution in [0.3, 0.4) is 0 Å². The Morgan fingerprint density at radius 3 is 2.60 bits per heavy atom. The number of benzene rings is 1. The van der Waals surface area contributed by atoms with Crippen molar-refractivity contribution in [2.24, 2.45) is 11.5 Å². The molecule has 4 N–H and O–H groups in total. The second-order valence-electron chi connectivity index (χ2n) is 3.17. The Kier molecular flexibility index (Phi) is 7.09. The molecule has 0 aliphatic carbocycles. The van der Waals surface area contributed by atoms with Gasteiger partial charge in [0.2, 0.25) is 0 Å². The molecule has 0 aliphatic rings. The van der Waals surface area contributed by atoms with E-state index in [-0.39, 0.29) is 24.3 Å². The molecule has 0 saturated heterocycles. The zero-order chi connectivity index (χ0) is 10.6. The average molecular weight is 298 g/mol. The van der Waals surface area contributed by atoms with Crippen LogP contribution < -0.4 is 11.5 Å². The predicted molar refractivity (Wildman–Crippen MR) is 66.6 cm³/mol. The SMILES string of the molecule is Cl.NCCC[C@H](N)c1c(F)cccc1Br. The zero-order valence-electron chi connectivity index (χ0n) is 8.25. The van der Waals surface area contributed by atoms with Crippen LogP contribution >= 0.6 is 28.3 Å². The summed E-state index contributed by atoms with van der Waals surface area (Å²) in [4.78, 5) is 0. The van der Waals surface area contributed by atoms with Crippen molar-refractivity contribution in [3.8, 4) is 0 Å². The number of halogens is 3. The van der Waals surface area contributed by atoms with Crippen LogP contribution in [0.1, 0.15) is 24.4 Å². The monoisotopic (exact) mass is 296 g/mol. The summed E-state index contributed by atoms with van der Waals surface area (Å²) in [6, 6.07) is 4.58. The molecular weight excluding hydrogens is 282 g/mol. The predicted octanol–water partition coefficient (Wildman–Crippen LogP) is 2.75. The summed E-state index contributed by atoms with van der Waals surface area (Å²) in [5.41, 5.74) is 11.8. The second-order valence-corrected chi connectivity index (χ2v) is 4.03. The van der Waals surface area contributed by atoms with Crippen LogP contribution in [0.2, 0.25) is 0 Å². The van der Waals surface area contributed by atoms with Crippen LogP contribution in [0, 0.1) is 5.82 Å². The first-order valence-electron chi connectivity index (χ1n) is 4.56. The molecule has 0 fully saturated rings. The first-order chi connectivity index (χ1) is 6.66. The van der Waals surface area contributed by atoms with Gasteiger partial charge in [0.25, 0.3) is 0 Å². The molecule has 2 nitrogen and oxygen atoms in total. The van der Waals surface area contributed by atoms with E-state index in [1.165, 1.54) is 6.07 Å². The Hall–Kier alpha value is -0.160. The van der Waals surface area contributed by atoms with Crippen molar-refractivity contribution in [3.05, 3.63) is 34.1 Å². The summed E-state index contributed by atoms with van der Waals surface area (Å²) < 4.78 is 14.1. The van der Waals surface area contributed by atoms with Gasteiger partial charge in [-0.25, -0.2) is 4.39 Å². The van der Waals surface area contributed by atoms with Crippen molar-refractivity contribution in [1.29, 1.82) is 0 Å². The minimum Gasteiger partial charge on any atom is -0.330 e. The molecule has 0 bridgehead atoms. The van der Waals surface area contributed by atoms with Gasteiger partial charge in [0.15, 0.2) is 0 Å². The Labute approximate surface area is 104 Å². The van der Waals surface area contributed by atoms with E-state index in [9.17, 15) is 4.39 Å². The summed E-state index contributed by atoms with van der Waals surface area (Å²) in [7, 11) is 0. The lowest BCUT2D eigenvalue weighted by Gasteiger charge is -2.14. The fraction of sp³-hybridized carbons (Fsp3) is 0.400. The molecule has 0 spiro atoms. The summed E-state index contributed by atoms with van der Waals surface area (Å²) in [6.07, 6.45) is 1.51. The van der Waals surface area contributed by atoms with Gasteiger partial charge in [0.05, 0.1) is 0 Å². The third-order valence-electron chi connectivity index (χ3n) is 2.09. The average Bonchev–Trinajstić information content (AvgIpc) is 2.14. The molecule has 0 unspecified atom stereocenters. The molecule has 1 aromatic carbocycles. The summed E-state index contributed by atoms with van der Waals surface area (Å²) in [5.74, 6) is -0.260. The minimum absolute atomic E-state index is 0. The van der Waals surface area contributed by atoms with Gasteiger partial charge in [-0.2, -0.15) is 0 Å². The molecule has 5 heteroatoms. The topological polar surface area (TPSA) is 52.0 Å². The summed E-state index contributed by atoms with van der Waals surface area (Å²) >= 11 is 3.29. The van der Waals surface area contributed by atoms with Gasteiger partial charge in [-0.15, -0.1) is 12.4 Å². The zero-order valence-corrected chi connectivity index (χ0v) is 10.7. The van der Waals surface area contributed by atoms with E-state index in [2.05, 4.69) is 15.9 Å². The van der Waals surface area contributed by atoms with E-state index in [0.29, 0.717) is 18.5 Å². The Morgan fingerprint density at radius 1 is 1.40 bits per heavy atom. The van der Waals surface area contributed by atoms with Crippen LogP contribution in [-0.4, -0.2) is 6.54 Å². The maximum atomic E-state index is 13.4. The van der Waals surface area contributed by atoms with Gasteiger partial charge in [-0.05, 0) is 31.5 Å². The second kappa shape index (κ2) is 7.17. The molecule has 0 amide bonds. The smallest absolute Gasteiger partial charge is 0.129 e. The molecule has 0 aromatic heterocycles. The van der Waals surface area contributed by atoms with Crippen LogP contribution in [0.15, 0.2) is 22.7 Å². The fourth-order valence-electron chi connectivity index (χ4n) is 1.35. The van der Waals surface area contributed by atoms with E-state index in [4.69, 9.17) is 11.5 Å². The van der Waals surface area contributed by atoms with Gasteiger partial charge in [0, 0.05) is 16.1 Å². The number of nitrogens with two attached hydrogens (primary N) is 2. The van der Waals surface area contributed by atoms with Gasteiger partial charge in [-0.1, -0.05) is 22.0 Å². The molecule has 86 valence electrons. The first-order valence-corrected chi connectivity index (χ1v) is 5.35. The lowest BCUT2D eigenvalue weighted by Crippen LogP contribution is -2.14. The highest BCUT2D eigenvalue weighted by Gasteiger charge is 2.13. The molecule has 0 saturated carbocycles. The lowest BCUT2D eigenvalue weighted by atomic mass is 10.0. The van der Waals surface area contributed by atoms with Crippen LogP contribution in [0.4, 0.5) is 4.39 Å². The third-order valence-corrected chi connectivity index (χ3v) is 2.78. The highest BCUT2D eigenvalue weighted by molar-refractivity contribution is 9.10. The van der Waals surface area contributed by atoms with E-state index >= 15 is 0 Å². The Bertz CT molecular complexity index is 289. The quantitative estimate of drug-likeness (QED) is 0.898. The van der Waals surface area contributed by atoms with Gasteiger partial charge < -0.3 is 11.5 Å². The van der Waals surface area contributed by atoms with E-state index in [0.717, 1.165) is 10.9 Å². The number of hydrogen-bond donors (Lipinski definition) is 2. The molecule has 1 aromatic rings. The molecule has 1 rings (SSSR count). The lowest BCUT2D eigenvalue weighted by molar-refractivity contribution is 0.551. The van der Waals surface area contributed by atoms with Gasteiger partial charge >= 0.3 is 0 Å². The maximum Gasteiger partial charge on any atom is 0.129 e. The van der Waals surface area contributed by atoms with Crippen molar-refractivity contribution in [2.75, 3.05) is 6.54 Å². The van der Waals surface area contributed by atoms with E-state index in [1.54, 1.807) is 12.1 Å². The van der Waals surface area contributed by atoms with Crippen LogP contribution in [0.25, 0.3) is 0 Å². The fourth-order valence-corrected chi connectivity index (χ4v) is 1.98. The molecular formula is C10H15BrClFN2. The highest BCUT2D eigenvalue weighted by atomic mass is 79.9. The standard InChI is InChI=1S/C10H14BrFN2.ClH/c11-7-3-1-4-8(12)10(7)9(14)5-2-6-13;/h1,3-4,9H,2,5-6,13-14H2;1H/t9-;/m0./s1. The molecule has 15 heavy (non-hydrogen) atoms. The van der Waals surface area contributed by atoms with Crippen LogP contribution in [-0.2, 0) is 0 Å². The molecule has 0 heterocycles. The number of hydrogen-bond acceptors (Lipinski definition) is 2. The van der Waals surface area contributed by atoms with Crippen molar-refractivity contribution in [1.82, 2.24) is 0 Å². The van der Waals surface area contributed by atoms with Crippen molar-refractivity contribution < 1.29 is 4.39 Å². The van der Waals surface area contributed by atoms with E-state index in [1.807, 2.05) is 0 Å². The van der Waals surface area contributed by atoms with E-state index < -0.39 is 0 Å². The third kappa shape index (κ3) is 4.07. The highest BCUT2D eigenvalue weighted by Crippen LogP contribution is 2.27. The Balaban J connectivity index is 0.00000196. The minimum atomic E-state index is -0.283. The van der Waals surface area contributed by atoms with Crippen molar-refractivity contribution in [3.63, 3.8) is 0 Å². The van der Waals surface area contributed by atoms with Gasteiger partial charge in [0.1, 0.15) is 5.82 Å². The largest absolute Gasteiger partial charge is 0.330 e. The molecule has 0 aliphatic heterocycles. The molecule has 0 radical (unpaired) electrons. The van der Waals surface area contributed by atoms with Crippen molar-refractivity contribution in [2.45, 2.75) is 18.9 Å². The summed E-state index contributed by atoms with van der Waals surface area (Å²) in [6.45, 7) is 0.583. The van der Waals surface area contributed by atoms with Crippen molar-refractivity contribution >= 4 is 28.3 Å². The summed E-state index contributed by atoms with van der Waals surface area (Å²) in [5, 5.41) is 0. The number of rotatable bonds is 4. The molecule has 1 atom stereocenters.